The number of aliphatic hydroxyl groups is 1. The molecule has 0 fully saturated rings. The number of methoxy groups -OCH3 is 1. The highest BCUT2D eigenvalue weighted by Gasteiger charge is 2.17. The van der Waals surface area contributed by atoms with E-state index in [0.29, 0.717) is 5.88 Å². The molecule has 3 heteroatoms. The van der Waals surface area contributed by atoms with Gasteiger partial charge in [0.05, 0.1) is 13.7 Å². The maximum atomic E-state index is 9.57. The quantitative estimate of drug-likeness (QED) is 0.874. The second-order valence-corrected chi connectivity index (χ2v) is 3.75. The molecule has 0 radical (unpaired) electrons. The average Bonchev–Trinajstić information content (AvgIpc) is 2.41. The van der Waals surface area contributed by atoms with Gasteiger partial charge in [-0.2, -0.15) is 0 Å². The van der Waals surface area contributed by atoms with Crippen LogP contribution in [0.4, 0.5) is 0 Å². The van der Waals surface area contributed by atoms with Gasteiger partial charge in [-0.05, 0) is 11.6 Å². The Morgan fingerprint density at radius 3 is 2.59 bits per heavy atom. The molecule has 1 atom stereocenters. The third-order valence-corrected chi connectivity index (χ3v) is 2.75. The number of pyridine rings is 1. The number of hydrogen-bond acceptors (Lipinski definition) is 3. The Labute approximate surface area is 101 Å². The van der Waals surface area contributed by atoms with Crippen LogP contribution in [-0.2, 0) is 0 Å². The van der Waals surface area contributed by atoms with Gasteiger partial charge >= 0.3 is 0 Å². The van der Waals surface area contributed by atoms with Crippen molar-refractivity contribution in [3.63, 3.8) is 0 Å². The lowest BCUT2D eigenvalue weighted by atomic mass is 9.93. The lowest BCUT2D eigenvalue weighted by Crippen LogP contribution is -2.08. The van der Waals surface area contributed by atoms with Gasteiger partial charge < -0.3 is 9.84 Å². The largest absolute Gasteiger partial charge is 0.481 e. The summed E-state index contributed by atoms with van der Waals surface area (Å²) in [5.74, 6) is 0.468. The number of aromatic nitrogens is 1. The maximum absolute atomic E-state index is 9.57. The van der Waals surface area contributed by atoms with Crippen LogP contribution in [0.2, 0.25) is 0 Å². The normalized spacial score (nSPS) is 12.1. The maximum Gasteiger partial charge on any atom is 0.216 e. The fraction of sp³-hybridized carbons (Fsp3) is 0.214. The average molecular weight is 229 g/mol. The zero-order valence-corrected chi connectivity index (χ0v) is 9.71. The zero-order valence-electron chi connectivity index (χ0n) is 9.71. The van der Waals surface area contributed by atoms with Crippen LogP contribution in [0.1, 0.15) is 17.0 Å². The molecule has 2 rings (SSSR count). The van der Waals surface area contributed by atoms with Gasteiger partial charge in [0.1, 0.15) is 0 Å². The summed E-state index contributed by atoms with van der Waals surface area (Å²) >= 11 is 0. The van der Waals surface area contributed by atoms with E-state index in [1.807, 2.05) is 42.5 Å². The Balaban J connectivity index is 2.42. The Bertz CT molecular complexity index is 471. The van der Waals surface area contributed by atoms with Crippen molar-refractivity contribution in [2.75, 3.05) is 13.7 Å². The molecule has 0 bridgehead atoms. The number of aliphatic hydroxyl groups excluding tert-OH is 1. The Hall–Kier alpha value is -1.87. The van der Waals surface area contributed by atoms with Gasteiger partial charge in [0.25, 0.3) is 0 Å². The van der Waals surface area contributed by atoms with Crippen LogP contribution in [0.15, 0.2) is 48.7 Å². The van der Waals surface area contributed by atoms with E-state index in [1.165, 1.54) is 0 Å². The smallest absolute Gasteiger partial charge is 0.216 e. The van der Waals surface area contributed by atoms with Gasteiger partial charge in [-0.1, -0.05) is 36.4 Å². The van der Waals surface area contributed by atoms with Gasteiger partial charge in [-0.15, -0.1) is 0 Å². The highest BCUT2D eigenvalue weighted by atomic mass is 16.5. The Morgan fingerprint density at radius 2 is 1.94 bits per heavy atom. The summed E-state index contributed by atoms with van der Waals surface area (Å²) < 4.78 is 5.23. The van der Waals surface area contributed by atoms with Gasteiger partial charge in [0, 0.05) is 17.7 Å². The van der Waals surface area contributed by atoms with Gasteiger partial charge in [0.15, 0.2) is 0 Å². The lowest BCUT2D eigenvalue weighted by molar-refractivity contribution is 0.276. The molecule has 0 saturated carbocycles. The minimum absolute atomic E-state index is 0.0338. The summed E-state index contributed by atoms with van der Waals surface area (Å²) in [6.45, 7) is 0.0338. The predicted molar refractivity (Wildman–Crippen MR) is 66.2 cm³/mol. The molecule has 17 heavy (non-hydrogen) atoms. The minimum atomic E-state index is -0.0974. The Morgan fingerprint density at radius 1 is 1.18 bits per heavy atom. The SMILES string of the molecule is COc1ncccc1C(CO)c1ccccc1. The molecule has 0 amide bonds. The summed E-state index contributed by atoms with van der Waals surface area (Å²) in [5, 5.41) is 9.57. The highest BCUT2D eigenvalue weighted by Crippen LogP contribution is 2.29. The third-order valence-electron chi connectivity index (χ3n) is 2.75. The fourth-order valence-electron chi connectivity index (χ4n) is 1.91. The van der Waals surface area contributed by atoms with E-state index in [4.69, 9.17) is 4.74 Å². The number of rotatable bonds is 4. The van der Waals surface area contributed by atoms with Crippen molar-refractivity contribution >= 4 is 0 Å². The summed E-state index contributed by atoms with van der Waals surface area (Å²) in [6.07, 6.45) is 1.68. The van der Waals surface area contributed by atoms with E-state index in [1.54, 1.807) is 13.3 Å². The van der Waals surface area contributed by atoms with Crippen LogP contribution < -0.4 is 4.74 Å². The summed E-state index contributed by atoms with van der Waals surface area (Å²) in [4.78, 5) is 4.16. The molecule has 1 aromatic heterocycles. The number of benzene rings is 1. The molecule has 1 heterocycles. The van der Waals surface area contributed by atoms with E-state index in [2.05, 4.69) is 4.98 Å². The molecular weight excluding hydrogens is 214 g/mol. The van der Waals surface area contributed by atoms with E-state index in [-0.39, 0.29) is 12.5 Å². The van der Waals surface area contributed by atoms with E-state index >= 15 is 0 Å². The summed E-state index contributed by atoms with van der Waals surface area (Å²) in [7, 11) is 1.59. The predicted octanol–water partition coefficient (Wildman–Crippen LogP) is 2.21. The Kier molecular flexibility index (Phi) is 3.73. The van der Waals surface area contributed by atoms with Crippen molar-refractivity contribution in [1.82, 2.24) is 4.98 Å². The van der Waals surface area contributed by atoms with Crippen molar-refractivity contribution < 1.29 is 9.84 Å². The molecule has 1 aromatic carbocycles. The number of hydrogen-bond donors (Lipinski definition) is 1. The second kappa shape index (κ2) is 5.46. The first-order chi connectivity index (χ1) is 8.36. The monoisotopic (exact) mass is 229 g/mol. The molecule has 0 aliphatic carbocycles. The molecular formula is C14H15NO2. The van der Waals surface area contributed by atoms with E-state index < -0.39 is 0 Å². The molecule has 0 saturated heterocycles. The zero-order chi connectivity index (χ0) is 12.1. The van der Waals surface area contributed by atoms with Crippen LogP contribution in [0, 0.1) is 0 Å². The van der Waals surface area contributed by atoms with Crippen molar-refractivity contribution in [1.29, 1.82) is 0 Å². The first-order valence-electron chi connectivity index (χ1n) is 5.51. The molecule has 0 spiro atoms. The van der Waals surface area contributed by atoms with Crippen molar-refractivity contribution in [3.8, 4) is 5.88 Å². The summed E-state index contributed by atoms with van der Waals surface area (Å²) in [6, 6.07) is 13.6. The standard InChI is InChI=1S/C14H15NO2/c1-17-14-12(8-5-9-15-14)13(10-16)11-6-3-2-4-7-11/h2-9,13,16H,10H2,1H3. The number of nitrogens with zero attached hydrogens (tertiary/aromatic N) is 1. The first kappa shape index (κ1) is 11.6. The minimum Gasteiger partial charge on any atom is -0.481 e. The van der Waals surface area contributed by atoms with E-state index in [0.717, 1.165) is 11.1 Å². The lowest BCUT2D eigenvalue weighted by Gasteiger charge is -2.17. The van der Waals surface area contributed by atoms with Crippen LogP contribution in [-0.4, -0.2) is 23.8 Å². The third kappa shape index (κ3) is 2.45. The van der Waals surface area contributed by atoms with Gasteiger partial charge in [0.2, 0.25) is 5.88 Å². The fourth-order valence-corrected chi connectivity index (χ4v) is 1.91. The van der Waals surface area contributed by atoms with Crippen molar-refractivity contribution in [2.45, 2.75) is 5.92 Å². The summed E-state index contributed by atoms with van der Waals surface area (Å²) in [5.41, 5.74) is 1.96. The van der Waals surface area contributed by atoms with Crippen LogP contribution in [0.5, 0.6) is 5.88 Å². The second-order valence-electron chi connectivity index (χ2n) is 3.75. The molecule has 1 N–H and O–H groups in total. The van der Waals surface area contributed by atoms with Crippen LogP contribution >= 0.6 is 0 Å². The number of ether oxygens (including phenoxy) is 1. The van der Waals surface area contributed by atoms with E-state index in [9.17, 15) is 5.11 Å². The molecule has 0 aliphatic rings. The van der Waals surface area contributed by atoms with Crippen molar-refractivity contribution in [3.05, 3.63) is 59.8 Å². The first-order valence-corrected chi connectivity index (χ1v) is 5.51. The molecule has 0 aliphatic heterocycles. The highest BCUT2D eigenvalue weighted by molar-refractivity contribution is 5.37. The van der Waals surface area contributed by atoms with Crippen LogP contribution in [0.25, 0.3) is 0 Å². The van der Waals surface area contributed by atoms with Crippen molar-refractivity contribution in [2.24, 2.45) is 0 Å². The van der Waals surface area contributed by atoms with Gasteiger partial charge in [-0.3, -0.25) is 0 Å². The van der Waals surface area contributed by atoms with Gasteiger partial charge in [-0.25, -0.2) is 4.98 Å². The molecule has 2 aromatic rings. The molecule has 88 valence electrons. The molecule has 1 unspecified atom stereocenters. The topological polar surface area (TPSA) is 42.4 Å². The van der Waals surface area contributed by atoms with Crippen LogP contribution in [0.3, 0.4) is 0 Å². The molecule has 3 nitrogen and oxygen atoms in total.